The first-order valence-corrected chi connectivity index (χ1v) is 8.42. The van der Waals surface area contributed by atoms with E-state index in [4.69, 9.17) is 14.5 Å². The van der Waals surface area contributed by atoms with Crippen LogP contribution in [0.3, 0.4) is 0 Å². The van der Waals surface area contributed by atoms with E-state index in [-0.39, 0.29) is 6.23 Å². The van der Waals surface area contributed by atoms with Gasteiger partial charge in [0.25, 0.3) is 0 Å². The first kappa shape index (κ1) is 16.0. The molecule has 1 fully saturated rings. The van der Waals surface area contributed by atoms with Crippen LogP contribution in [-0.2, 0) is 9.47 Å². The summed E-state index contributed by atoms with van der Waals surface area (Å²) >= 11 is 0. The molecule has 4 heterocycles. The summed E-state index contributed by atoms with van der Waals surface area (Å²) in [5, 5.41) is 4.41. The molecule has 3 aromatic rings. The molecule has 0 spiro atoms. The second-order valence-electron chi connectivity index (χ2n) is 6.13. The zero-order valence-electron chi connectivity index (χ0n) is 14.7. The summed E-state index contributed by atoms with van der Waals surface area (Å²) in [6.07, 6.45) is 7.50. The van der Waals surface area contributed by atoms with Gasteiger partial charge in [0.15, 0.2) is 11.5 Å². The largest absolute Gasteiger partial charge is 0.378 e. The first-order valence-electron chi connectivity index (χ1n) is 8.42. The molecule has 8 nitrogen and oxygen atoms in total. The summed E-state index contributed by atoms with van der Waals surface area (Å²) in [6, 6.07) is 0. The molecule has 4 rings (SSSR count). The Bertz CT molecular complexity index is 881. The van der Waals surface area contributed by atoms with E-state index in [1.807, 2.05) is 38.6 Å². The monoisotopic (exact) mass is 342 g/mol. The summed E-state index contributed by atoms with van der Waals surface area (Å²) < 4.78 is 14.7. The lowest BCUT2D eigenvalue weighted by Gasteiger charge is -2.27. The third kappa shape index (κ3) is 2.77. The van der Waals surface area contributed by atoms with Gasteiger partial charge in [-0.25, -0.2) is 14.6 Å². The Balaban J connectivity index is 1.80. The topological polar surface area (TPSA) is 69.7 Å². The van der Waals surface area contributed by atoms with Crippen LogP contribution in [0, 0.1) is 6.92 Å². The van der Waals surface area contributed by atoms with Gasteiger partial charge in [-0.3, -0.25) is 4.40 Å². The second kappa shape index (κ2) is 6.45. The number of morpholine rings is 1. The molecule has 0 N–H and O–H groups in total. The Hall–Kier alpha value is -2.45. The van der Waals surface area contributed by atoms with Crippen molar-refractivity contribution >= 4 is 11.5 Å². The number of nitrogens with zero attached hydrogens (tertiary/aromatic N) is 6. The van der Waals surface area contributed by atoms with Crippen molar-refractivity contribution < 1.29 is 9.47 Å². The molecule has 0 aliphatic carbocycles. The summed E-state index contributed by atoms with van der Waals surface area (Å²) in [6.45, 7) is 7.07. The first-order chi connectivity index (χ1) is 12.2. The van der Waals surface area contributed by atoms with E-state index in [0.717, 1.165) is 54.7 Å². The minimum absolute atomic E-state index is 0.112. The normalized spacial score (nSPS) is 16.5. The van der Waals surface area contributed by atoms with Crippen molar-refractivity contribution in [3.8, 4) is 11.3 Å². The molecular formula is C17H22N6O2. The highest BCUT2D eigenvalue weighted by Crippen LogP contribution is 2.29. The van der Waals surface area contributed by atoms with Crippen LogP contribution >= 0.6 is 0 Å². The lowest BCUT2D eigenvalue weighted by Crippen LogP contribution is -2.37. The predicted molar refractivity (Wildman–Crippen MR) is 93.7 cm³/mol. The zero-order valence-corrected chi connectivity index (χ0v) is 14.7. The molecule has 0 bridgehead atoms. The Morgan fingerprint density at radius 3 is 2.84 bits per heavy atom. The van der Waals surface area contributed by atoms with Crippen molar-refractivity contribution in [3.63, 3.8) is 0 Å². The summed E-state index contributed by atoms with van der Waals surface area (Å²) in [5.74, 6) is 0.901. The fourth-order valence-electron chi connectivity index (χ4n) is 3.19. The van der Waals surface area contributed by atoms with Crippen molar-refractivity contribution in [2.24, 2.45) is 0 Å². The van der Waals surface area contributed by atoms with Crippen LogP contribution in [0.2, 0.25) is 0 Å². The Morgan fingerprint density at radius 1 is 1.28 bits per heavy atom. The van der Waals surface area contributed by atoms with Gasteiger partial charge in [0, 0.05) is 44.4 Å². The molecule has 0 aromatic carbocycles. The molecule has 1 aliphatic heterocycles. The van der Waals surface area contributed by atoms with Crippen molar-refractivity contribution in [1.82, 2.24) is 24.1 Å². The summed E-state index contributed by atoms with van der Waals surface area (Å²) in [5.41, 5.74) is 3.85. The molecule has 8 heteroatoms. The van der Waals surface area contributed by atoms with E-state index >= 15 is 0 Å². The molecule has 1 atom stereocenters. The van der Waals surface area contributed by atoms with Crippen LogP contribution in [0.5, 0.6) is 0 Å². The van der Waals surface area contributed by atoms with Gasteiger partial charge in [-0.1, -0.05) is 0 Å². The van der Waals surface area contributed by atoms with Gasteiger partial charge in [-0.15, -0.1) is 0 Å². The third-order valence-electron chi connectivity index (χ3n) is 4.60. The number of aryl methyl sites for hydroxylation is 1. The Kier molecular flexibility index (Phi) is 4.14. The highest BCUT2D eigenvalue weighted by atomic mass is 16.5. The average Bonchev–Trinajstić information content (AvgIpc) is 3.25. The van der Waals surface area contributed by atoms with E-state index in [0.29, 0.717) is 0 Å². The number of imidazole rings is 1. The number of anilines is 1. The van der Waals surface area contributed by atoms with E-state index in [1.165, 1.54) is 0 Å². The lowest BCUT2D eigenvalue weighted by molar-refractivity contribution is 0.0501. The zero-order chi connectivity index (χ0) is 17.4. The number of aromatic nitrogens is 5. The van der Waals surface area contributed by atoms with E-state index < -0.39 is 0 Å². The number of hydrogen-bond acceptors (Lipinski definition) is 6. The molecule has 3 aromatic heterocycles. The minimum Gasteiger partial charge on any atom is -0.378 e. The molecule has 1 aliphatic rings. The highest BCUT2D eigenvalue weighted by molar-refractivity contribution is 5.73. The second-order valence-corrected chi connectivity index (χ2v) is 6.13. The number of fused-ring (bicyclic) bond motifs is 1. The van der Waals surface area contributed by atoms with Crippen LogP contribution in [0.1, 0.15) is 18.8 Å². The van der Waals surface area contributed by atoms with Crippen molar-refractivity contribution in [2.45, 2.75) is 20.1 Å². The van der Waals surface area contributed by atoms with Gasteiger partial charge in [-0.2, -0.15) is 5.10 Å². The maximum atomic E-state index is 5.45. The third-order valence-corrected chi connectivity index (χ3v) is 4.60. The van der Waals surface area contributed by atoms with E-state index in [9.17, 15) is 0 Å². The molecule has 0 unspecified atom stereocenters. The van der Waals surface area contributed by atoms with Crippen LogP contribution in [0.15, 0.2) is 24.8 Å². The van der Waals surface area contributed by atoms with Gasteiger partial charge < -0.3 is 14.4 Å². The van der Waals surface area contributed by atoms with Gasteiger partial charge >= 0.3 is 0 Å². The molecule has 0 saturated carbocycles. The van der Waals surface area contributed by atoms with Crippen molar-refractivity contribution in [1.29, 1.82) is 0 Å². The Labute approximate surface area is 146 Å². The van der Waals surface area contributed by atoms with Gasteiger partial charge in [-0.05, 0) is 13.8 Å². The van der Waals surface area contributed by atoms with E-state index in [1.54, 1.807) is 11.8 Å². The smallest absolute Gasteiger partial charge is 0.181 e. The average molecular weight is 342 g/mol. The van der Waals surface area contributed by atoms with Crippen molar-refractivity contribution in [2.75, 3.05) is 38.3 Å². The van der Waals surface area contributed by atoms with Gasteiger partial charge in [0.2, 0.25) is 0 Å². The van der Waals surface area contributed by atoms with Crippen LogP contribution in [-0.4, -0.2) is 57.6 Å². The fraction of sp³-hybridized carbons (Fsp3) is 0.471. The highest BCUT2D eigenvalue weighted by Gasteiger charge is 2.20. The summed E-state index contributed by atoms with van der Waals surface area (Å²) in [7, 11) is 1.67. The molecule has 132 valence electrons. The van der Waals surface area contributed by atoms with Crippen LogP contribution < -0.4 is 4.90 Å². The number of methoxy groups -OCH3 is 1. The standard InChI is InChI=1S/C17H22N6O2/c1-12-15(14-10-19-23(11-14)13(2)24-3)22-5-4-18-16(17(22)20-12)21-6-8-25-9-7-21/h4-5,10-11,13H,6-9H2,1-3H3/t13-/m0/s1. The summed E-state index contributed by atoms with van der Waals surface area (Å²) in [4.78, 5) is 11.6. The quantitative estimate of drug-likeness (QED) is 0.721. The fourth-order valence-corrected chi connectivity index (χ4v) is 3.19. The van der Waals surface area contributed by atoms with Crippen LogP contribution in [0.25, 0.3) is 16.9 Å². The number of rotatable bonds is 4. The maximum Gasteiger partial charge on any atom is 0.181 e. The van der Waals surface area contributed by atoms with E-state index in [2.05, 4.69) is 19.4 Å². The van der Waals surface area contributed by atoms with Gasteiger partial charge in [0.05, 0.1) is 30.8 Å². The number of hydrogen-bond donors (Lipinski definition) is 0. The SMILES string of the molecule is CO[C@@H](C)n1cc(-c2c(C)nc3c(N4CCOCC4)nccn23)cn1. The maximum absolute atomic E-state index is 5.45. The molecule has 25 heavy (non-hydrogen) atoms. The van der Waals surface area contributed by atoms with Gasteiger partial charge in [0.1, 0.15) is 6.23 Å². The number of ether oxygens (including phenoxy) is 2. The molecular weight excluding hydrogens is 320 g/mol. The Morgan fingerprint density at radius 2 is 2.08 bits per heavy atom. The minimum atomic E-state index is -0.112. The molecule has 0 radical (unpaired) electrons. The lowest BCUT2D eigenvalue weighted by atomic mass is 10.2. The van der Waals surface area contributed by atoms with Crippen molar-refractivity contribution in [3.05, 3.63) is 30.5 Å². The molecule has 1 saturated heterocycles. The van der Waals surface area contributed by atoms with Crippen LogP contribution in [0.4, 0.5) is 5.82 Å². The molecule has 0 amide bonds. The predicted octanol–water partition coefficient (Wildman–Crippen LogP) is 1.90.